The minimum absolute atomic E-state index is 0.00961. The van der Waals surface area contributed by atoms with Crippen LogP contribution in [0.2, 0.25) is 0 Å². The Balaban J connectivity index is 1.43. The van der Waals surface area contributed by atoms with E-state index >= 15 is 0 Å². The molecule has 0 fully saturated rings. The molecule has 2 N–H and O–H groups in total. The lowest BCUT2D eigenvalue weighted by atomic mass is 10.1. The summed E-state index contributed by atoms with van der Waals surface area (Å²) in [6, 6.07) is 14.0. The maximum absolute atomic E-state index is 12.2. The Morgan fingerprint density at radius 2 is 2.10 bits per heavy atom. The van der Waals surface area contributed by atoms with E-state index < -0.39 is 5.63 Å². The van der Waals surface area contributed by atoms with Gasteiger partial charge in [0.2, 0.25) is 0 Å². The van der Waals surface area contributed by atoms with Gasteiger partial charge in [0.05, 0.1) is 23.9 Å². The topological polar surface area (TPSA) is 122 Å². The Bertz CT molecular complexity index is 1450. The van der Waals surface area contributed by atoms with Crippen LogP contribution in [0.25, 0.3) is 22.4 Å². The molecule has 0 unspecified atom stereocenters. The fourth-order valence-corrected chi connectivity index (χ4v) is 3.17. The summed E-state index contributed by atoms with van der Waals surface area (Å²) in [5, 5.41) is 18.1. The van der Waals surface area contributed by atoms with Crippen molar-refractivity contribution in [2.45, 2.75) is 6.54 Å². The van der Waals surface area contributed by atoms with Crippen molar-refractivity contribution in [1.82, 2.24) is 24.7 Å². The van der Waals surface area contributed by atoms with E-state index in [1.807, 2.05) is 22.9 Å². The van der Waals surface area contributed by atoms with Gasteiger partial charge in [-0.1, -0.05) is 24.3 Å². The van der Waals surface area contributed by atoms with Crippen molar-refractivity contribution in [1.29, 1.82) is 0 Å². The van der Waals surface area contributed by atoms with Crippen LogP contribution in [0.15, 0.2) is 81.5 Å². The van der Waals surface area contributed by atoms with Gasteiger partial charge in [0.25, 0.3) is 0 Å². The third-order valence-electron chi connectivity index (χ3n) is 4.69. The molecule has 9 heteroatoms. The van der Waals surface area contributed by atoms with Crippen LogP contribution in [0.4, 0.5) is 5.69 Å². The Morgan fingerprint density at radius 3 is 2.97 bits per heavy atom. The molecule has 3 heterocycles. The van der Waals surface area contributed by atoms with Crippen LogP contribution in [-0.4, -0.2) is 36.1 Å². The standard InChI is InChI=1S/C22H16N6O3/c29-20-16-6-1-2-7-18(16)31-22(30)17(20)11-24-15-5-3-4-14(10-15)21-25-19(26-27-21)12-28-9-8-23-13-28/h1-11,13,29H,12H2,(H,25,26,27). The van der Waals surface area contributed by atoms with E-state index in [1.54, 1.807) is 48.9 Å². The molecule has 0 bridgehead atoms. The van der Waals surface area contributed by atoms with Crippen LogP contribution in [0.1, 0.15) is 11.4 Å². The predicted octanol–water partition coefficient (Wildman–Crippen LogP) is 3.28. The molecule has 31 heavy (non-hydrogen) atoms. The minimum Gasteiger partial charge on any atom is -0.506 e. The van der Waals surface area contributed by atoms with Crippen LogP contribution in [0.5, 0.6) is 5.75 Å². The Labute approximate surface area is 175 Å². The van der Waals surface area contributed by atoms with Crippen molar-refractivity contribution < 1.29 is 9.52 Å². The SMILES string of the molecule is O=c1oc2ccccc2c(O)c1C=Nc1cccc(-c2n[nH]c(Cn3ccnc3)n2)c1. The third-order valence-corrected chi connectivity index (χ3v) is 4.69. The molecule has 0 amide bonds. The van der Waals surface area contributed by atoms with Gasteiger partial charge >= 0.3 is 5.63 Å². The van der Waals surface area contributed by atoms with Gasteiger partial charge in [-0.3, -0.25) is 10.1 Å². The zero-order chi connectivity index (χ0) is 21.2. The van der Waals surface area contributed by atoms with Gasteiger partial charge in [-0.2, -0.15) is 5.10 Å². The van der Waals surface area contributed by atoms with Gasteiger partial charge in [-0.15, -0.1) is 0 Å². The molecule has 0 aliphatic carbocycles. The van der Waals surface area contributed by atoms with Crippen LogP contribution in [0.3, 0.4) is 0 Å². The number of hydrogen-bond acceptors (Lipinski definition) is 7. The highest BCUT2D eigenvalue weighted by molar-refractivity contribution is 5.94. The number of nitrogens with one attached hydrogen (secondary N) is 1. The number of benzene rings is 2. The second-order valence-electron chi connectivity index (χ2n) is 6.80. The van der Waals surface area contributed by atoms with E-state index in [4.69, 9.17) is 4.42 Å². The maximum Gasteiger partial charge on any atom is 0.348 e. The number of aromatic nitrogens is 5. The van der Waals surface area contributed by atoms with Crippen molar-refractivity contribution in [3.8, 4) is 17.1 Å². The third kappa shape index (κ3) is 3.71. The van der Waals surface area contributed by atoms with Crippen LogP contribution in [-0.2, 0) is 6.54 Å². The average Bonchev–Trinajstić information content (AvgIpc) is 3.46. The number of aromatic amines is 1. The molecule has 0 saturated carbocycles. The first-order chi connectivity index (χ1) is 15.2. The number of para-hydroxylation sites is 1. The van der Waals surface area contributed by atoms with E-state index in [0.717, 1.165) is 5.56 Å². The summed E-state index contributed by atoms with van der Waals surface area (Å²) >= 11 is 0. The summed E-state index contributed by atoms with van der Waals surface area (Å²) in [5.74, 6) is 1.06. The van der Waals surface area contributed by atoms with E-state index in [9.17, 15) is 9.90 Å². The molecule has 5 rings (SSSR count). The predicted molar refractivity (Wildman–Crippen MR) is 115 cm³/mol. The van der Waals surface area contributed by atoms with Gasteiger partial charge in [0.15, 0.2) is 5.82 Å². The number of hydrogen-bond donors (Lipinski definition) is 2. The van der Waals surface area contributed by atoms with Crippen LogP contribution < -0.4 is 5.63 Å². The second kappa shape index (κ2) is 7.71. The molecule has 152 valence electrons. The number of H-pyrrole nitrogens is 1. The molecule has 0 saturated heterocycles. The first-order valence-electron chi connectivity index (χ1n) is 9.44. The van der Waals surface area contributed by atoms with Crippen LogP contribution >= 0.6 is 0 Å². The molecule has 3 aromatic heterocycles. The molecular weight excluding hydrogens is 396 g/mol. The zero-order valence-electron chi connectivity index (χ0n) is 16.1. The molecule has 0 aliphatic heterocycles. The van der Waals surface area contributed by atoms with Gasteiger partial charge in [-0.05, 0) is 24.3 Å². The summed E-state index contributed by atoms with van der Waals surface area (Å²) in [6.07, 6.45) is 6.55. The monoisotopic (exact) mass is 412 g/mol. The average molecular weight is 412 g/mol. The number of rotatable bonds is 5. The zero-order valence-corrected chi connectivity index (χ0v) is 16.1. The Kier molecular flexibility index (Phi) is 4.60. The lowest BCUT2D eigenvalue weighted by molar-refractivity contribution is 0.466. The van der Waals surface area contributed by atoms with Gasteiger partial charge < -0.3 is 14.1 Å². The summed E-state index contributed by atoms with van der Waals surface area (Å²) in [4.78, 5) is 25.1. The summed E-state index contributed by atoms with van der Waals surface area (Å²) < 4.78 is 7.15. The first kappa shape index (κ1) is 18.5. The molecule has 5 aromatic rings. The number of nitrogens with zero attached hydrogens (tertiary/aromatic N) is 5. The number of aliphatic imine (C=N–C) groups is 1. The van der Waals surface area contributed by atoms with Crippen molar-refractivity contribution in [3.05, 3.63) is 89.1 Å². The lowest BCUT2D eigenvalue weighted by Gasteiger charge is -2.02. The van der Waals surface area contributed by atoms with Crippen molar-refractivity contribution in [2.24, 2.45) is 4.99 Å². The highest BCUT2D eigenvalue weighted by Crippen LogP contribution is 2.26. The largest absolute Gasteiger partial charge is 0.506 e. The molecule has 0 atom stereocenters. The number of aromatic hydroxyl groups is 1. The smallest absolute Gasteiger partial charge is 0.348 e. The maximum atomic E-state index is 12.2. The number of imidazole rings is 1. The second-order valence-corrected chi connectivity index (χ2v) is 6.80. The van der Waals surface area contributed by atoms with Crippen molar-refractivity contribution >= 4 is 22.9 Å². The summed E-state index contributed by atoms with van der Waals surface area (Å²) in [6.45, 7) is 0.530. The first-order valence-corrected chi connectivity index (χ1v) is 9.44. The molecule has 0 aliphatic rings. The molecule has 0 radical (unpaired) electrons. The molecule has 9 nitrogen and oxygen atoms in total. The Hall–Kier alpha value is -4.53. The van der Waals surface area contributed by atoms with E-state index in [2.05, 4.69) is 25.2 Å². The van der Waals surface area contributed by atoms with Gasteiger partial charge in [0, 0.05) is 24.2 Å². The normalized spacial score (nSPS) is 11.5. The fourth-order valence-electron chi connectivity index (χ4n) is 3.17. The summed E-state index contributed by atoms with van der Waals surface area (Å²) in [7, 11) is 0. The molecule has 0 spiro atoms. The van der Waals surface area contributed by atoms with Crippen molar-refractivity contribution in [3.63, 3.8) is 0 Å². The van der Waals surface area contributed by atoms with Crippen molar-refractivity contribution in [2.75, 3.05) is 0 Å². The van der Waals surface area contributed by atoms with Crippen LogP contribution in [0, 0.1) is 0 Å². The number of fused-ring (bicyclic) bond motifs is 1. The summed E-state index contributed by atoms with van der Waals surface area (Å²) in [5.41, 5.74) is 0.988. The van der Waals surface area contributed by atoms with Gasteiger partial charge in [0.1, 0.15) is 22.7 Å². The molecule has 2 aromatic carbocycles. The highest BCUT2D eigenvalue weighted by Gasteiger charge is 2.12. The van der Waals surface area contributed by atoms with E-state index in [1.165, 1.54) is 6.21 Å². The minimum atomic E-state index is -0.658. The van der Waals surface area contributed by atoms with E-state index in [0.29, 0.717) is 34.9 Å². The highest BCUT2D eigenvalue weighted by atomic mass is 16.4. The molecular formula is C22H16N6O3. The fraction of sp³-hybridized carbons (Fsp3) is 0.0455. The van der Waals surface area contributed by atoms with Gasteiger partial charge in [-0.25, -0.2) is 14.8 Å². The lowest BCUT2D eigenvalue weighted by Crippen LogP contribution is -2.06. The Morgan fingerprint density at radius 1 is 1.19 bits per heavy atom. The van der Waals surface area contributed by atoms with E-state index in [-0.39, 0.29) is 11.3 Å². The quantitative estimate of drug-likeness (QED) is 0.337.